The molecule has 3 heteroatoms. The Bertz CT molecular complexity index is 935. The van der Waals surface area contributed by atoms with E-state index in [0.717, 1.165) is 24.7 Å². The van der Waals surface area contributed by atoms with E-state index >= 15 is 0 Å². The molecule has 2 nitrogen and oxygen atoms in total. The molecule has 0 N–H and O–H groups in total. The van der Waals surface area contributed by atoms with Crippen LogP contribution in [-0.2, 0) is 0 Å². The highest BCUT2D eigenvalue weighted by atomic mass is 35.5. The van der Waals surface area contributed by atoms with Crippen molar-refractivity contribution < 1.29 is 0 Å². The van der Waals surface area contributed by atoms with E-state index in [1.54, 1.807) is 0 Å². The van der Waals surface area contributed by atoms with E-state index in [1.165, 1.54) is 40.4 Å². The molecule has 0 saturated carbocycles. The van der Waals surface area contributed by atoms with Crippen LogP contribution in [0.1, 0.15) is 36.6 Å². The molecule has 0 spiro atoms. The molecule has 0 unspecified atom stereocenters. The standard InChI is InChI=1S/C24H26N2.ClH/c1-18-12-14-26(15-13-18)24-16-22(25-17-19(24)2)11-10-21-8-5-7-20-6-3-4-9-23(20)21;/h3-11,16-18H,12-15H2,1-2H3;1H/b11-10-;. The Labute approximate surface area is 168 Å². The summed E-state index contributed by atoms with van der Waals surface area (Å²) in [4.78, 5) is 7.15. The fourth-order valence-corrected chi connectivity index (χ4v) is 3.78. The van der Waals surface area contributed by atoms with Crippen LogP contribution in [0.5, 0.6) is 0 Å². The molecule has 1 aromatic heterocycles. The van der Waals surface area contributed by atoms with Crippen LogP contribution in [0.2, 0.25) is 0 Å². The number of piperidine rings is 1. The predicted octanol–water partition coefficient (Wildman–Crippen LogP) is 6.37. The van der Waals surface area contributed by atoms with E-state index in [2.05, 4.69) is 84.4 Å². The van der Waals surface area contributed by atoms with Crippen molar-refractivity contribution in [2.75, 3.05) is 18.0 Å². The van der Waals surface area contributed by atoms with Crippen LogP contribution in [0.15, 0.2) is 54.7 Å². The van der Waals surface area contributed by atoms with E-state index in [1.807, 2.05) is 6.20 Å². The molecule has 0 bridgehead atoms. The van der Waals surface area contributed by atoms with E-state index in [4.69, 9.17) is 0 Å². The number of rotatable bonds is 3. The Kier molecular flexibility index (Phi) is 6.18. The lowest BCUT2D eigenvalue weighted by molar-refractivity contribution is 0.438. The zero-order valence-corrected chi connectivity index (χ0v) is 16.9. The summed E-state index contributed by atoms with van der Waals surface area (Å²) in [6.45, 7) is 6.82. The lowest BCUT2D eigenvalue weighted by atomic mass is 9.98. The molecular formula is C24H27ClN2. The van der Waals surface area contributed by atoms with Gasteiger partial charge in [-0.3, -0.25) is 4.98 Å². The van der Waals surface area contributed by atoms with Gasteiger partial charge in [0.1, 0.15) is 0 Å². The first-order valence-electron chi connectivity index (χ1n) is 9.58. The van der Waals surface area contributed by atoms with E-state index in [-0.39, 0.29) is 12.4 Å². The molecule has 0 radical (unpaired) electrons. The highest BCUT2D eigenvalue weighted by Gasteiger charge is 2.17. The minimum atomic E-state index is 0. The number of hydrogen-bond donors (Lipinski definition) is 0. The minimum Gasteiger partial charge on any atom is -0.371 e. The van der Waals surface area contributed by atoms with Crippen molar-refractivity contribution in [1.29, 1.82) is 0 Å². The second-order valence-corrected chi connectivity index (χ2v) is 7.47. The van der Waals surface area contributed by atoms with Gasteiger partial charge in [0.15, 0.2) is 0 Å². The molecule has 2 aromatic carbocycles. The largest absolute Gasteiger partial charge is 0.371 e. The summed E-state index contributed by atoms with van der Waals surface area (Å²) in [5.74, 6) is 0.846. The van der Waals surface area contributed by atoms with Crippen molar-refractivity contribution in [2.45, 2.75) is 26.7 Å². The van der Waals surface area contributed by atoms with E-state index in [0.29, 0.717) is 0 Å². The number of aromatic nitrogens is 1. The average Bonchev–Trinajstić information content (AvgIpc) is 2.68. The molecule has 0 amide bonds. The van der Waals surface area contributed by atoms with E-state index < -0.39 is 0 Å². The number of fused-ring (bicyclic) bond motifs is 1. The SMILES string of the molecule is Cc1cnc(/C=C\c2cccc3ccccc23)cc1N1CCC(C)CC1.Cl. The van der Waals surface area contributed by atoms with Gasteiger partial charge in [-0.1, -0.05) is 55.5 Å². The maximum absolute atomic E-state index is 4.63. The van der Waals surface area contributed by atoms with Crippen LogP contribution in [0.3, 0.4) is 0 Å². The van der Waals surface area contributed by atoms with Crippen molar-refractivity contribution in [3.8, 4) is 0 Å². The fraction of sp³-hybridized carbons (Fsp3) is 0.292. The third-order valence-electron chi connectivity index (χ3n) is 5.48. The monoisotopic (exact) mass is 378 g/mol. The van der Waals surface area contributed by atoms with Crippen LogP contribution >= 0.6 is 12.4 Å². The van der Waals surface area contributed by atoms with Crippen LogP contribution in [0.4, 0.5) is 5.69 Å². The van der Waals surface area contributed by atoms with Gasteiger partial charge in [0.25, 0.3) is 0 Å². The Morgan fingerprint density at radius 1 is 1.00 bits per heavy atom. The Morgan fingerprint density at radius 2 is 1.74 bits per heavy atom. The minimum absolute atomic E-state index is 0. The van der Waals surface area contributed by atoms with Gasteiger partial charge in [-0.2, -0.15) is 0 Å². The number of halogens is 1. The first-order valence-corrected chi connectivity index (χ1v) is 9.58. The smallest absolute Gasteiger partial charge is 0.0650 e. The number of benzene rings is 2. The molecule has 0 atom stereocenters. The molecule has 0 aliphatic carbocycles. The lowest BCUT2D eigenvalue weighted by Crippen LogP contribution is -2.33. The summed E-state index contributed by atoms with van der Waals surface area (Å²) < 4.78 is 0. The Balaban J connectivity index is 0.00000210. The summed E-state index contributed by atoms with van der Waals surface area (Å²) in [5.41, 5.74) is 4.86. The first-order chi connectivity index (χ1) is 12.7. The number of nitrogens with zero attached hydrogens (tertiary/aromatic N) is 2. The predicted molar refractivity (Wildman–Crippen MR) is 120 cm³/mol. The number of pyridine rings is 1. The second kappa shape index (κ2) is 8.58. The van der Waals surface area contributed by atoms with Crippen molar-refractivity contribution >= 4 is 41.0 Å². The van der Waals surface area contributed by atoms with E-state index in [9.17, 15) is 0 Å². The summed E-state index contributed by atoms with van der Waals surface area (Å²) in [6, 6.07) is 17.2. The highest BCUT2D eigenvalue weighted by molar-refractivity contribution is 5.92. The molecule has 3 aromatic rings. The number of aryl methyl sites for hydroxylation is 1. The lowest BCUT2D eigenvalue weighted by Gasteiger charge is -2.33. The van der Waals surface area contributed by atoms with Crippen molar-refractivity contribution in [2.24, 2.45) is 5.92 Å². The summed E-state index contributed by atoms with van der Waals surface area (Å²) in [5, 5.41) is 2.55. The van der Waals surface area contributed by atoms with Gasteiger partial charge in [-0.05, 0) is 59.7 Å². The Morgan fingerprint density at radius 3 is 2.56 bits per heavy atom. The van der Waals surface area contributed by atoms with Crippen molar-refractivity contribution in [3.63, 3.8) is 0 Å². The van der Waals surface area contributed by atoms with Crippen molar-refractivity contribution in [3.05, 3.63) is 71.5 Å². The summed E-state index contributed by atoms with van der Waals surface area (Å²) in [7, 11) is 0. The zero-order chi connectivity index (χ0) is 17.9. The van der Waals surface area contributed by atoms with Gasteiger partial charge >= 0.3 is 0 Å². The third-order valence-corrected chi connectivity index (χ3v) is 5.48. The topological polar surface area (TPSA) is 16.1 Å². The Hall–Kier alpha value is -2.32. The molecule has 1 aliphatic rings. The third kappa shape index (κ3) is 4.33. The number of hydrogen-bond acceptors (Lipinski definition) is 2. The van der Waals surface area contributed by atoms with Gasteiger partial charge in [0, 0.05) is 25.0 Å². The average molecular weight is 379 g/mol. The zero-order valence-electron chi connectivity index (χ0n) is 16.1. The van der Waals surface area contributed by atoms with Gasteiger partial charge in [-0.15, -0.1) is 12.4 Å². The van der Waals surface area contributed by atoms with Crippen LogP contribution in [0, 0.1) is 12.8 Å². The van der Waals surface area contributed by atoms with Crippen LogP contribution in [-0.4, -0.2) is 18.1 Å². The normalized spacial score (nSPS) is 15.3. The molecule has 4 rings (SSSR count). The molecule has 1 aliphatic heterocycles. The molecule has 140 valence electrons. The van der Waals surface area contributed by atoms with Crippen molar-refractivity contribution in [1.82, 2.24) is 4.98 Å². The highest BCUT2D eigenvalue weighted by Crippen LogP contribution is 2.27. The quantitative estimate of drug-likeness (QED) is 0.526. The molecular weight excluding hydrogens is 352 g/mol. The number of anilines is 1. The summed E-state index contributed by atoms with van der Waals surface area (Å²) in [6.07, 6.45) is 8.89. The fourth-order valence-electron chi connectivity index (χ4n) is 3.78. The van der Waals surface area contributed by atoms with Gasteiger partial charge in [0.05, 0.1) is 5.69 Å². The second-order valence-electron chi connectivity index (χ2n) is 7.47. The molecule has 1 fully saturated rings. The molecule has 2 heterocycles. The van der Waals surface area contributed by atoms with Crippen LogP contribution < -0.4 is 4.90 Å². The van der Waals surface area contributed by atoms with Gasteiger partial charge in [-0.25, -0.2) is 0 Å². The van der Waals surface area contributed by atoms with Gasteiger partial charge < -0.3 is 4.90 Å². The first kappa shape index (κ1) is 19.4. The summed E-state index contributed by atoms with van der Waals surface area (Å²) >= 11 is 0. The maximum atomic E-state index is 4.63. The maximum Gasteiger partial charge on any atom is 0.0650 e. The molecule has 1 saturated heterocycles. The van der Waals surface area contributed by atoms with Crippen LogP contribution in [0.25, 0.3) is 22.9 Å². The van der Waals surface area contributed by atoms with Gasteiger partial charge in [0.2, 0.25) is 0 Å². The molecule has 27 heavy (non-hydrogen) atoms.